The van der Waals surface area contributed by atoms with Crippen molar-refractivity contribution in [1.29, 1.82) is 0 Å². The first kappa shape index (κ1) is 22.3. The Hall–Kier alpha value is -3.43. The molecule has 3 aromatic rings. The van der Waals surface area contributed by atoms with E-state index in [1.807, 2.05) is 0 Å². The van der Waals surface area contributed by atoms with Crippen molar-refractivity contribution in [1.82, 2.24) is 4.72 Å². The summed E-state index contributed by atoms with van der Waals surface area (Å²) in [6.07, 6.45) is 0. The lowest BCUT2D eigenvalue weighted by Gasteiger charge is -2.09. The molecule has 0 amide bonds. The molecule has 0 aliphatic heterocycles. The molecule has 162 valence electrons. The molecule has 0 radical (unpaired) electrons. The van der Waals surface area contributed by atoms with Gasteiger partial charge in [0.15, 0.2) is 5.96 Å². The Morgan fingerprint density at radius 3 is 2.45 bits per heavy atom. The zero-order valence-corrected chi connectivity index (χ0v) is 17.7. The number of nitrogens with zero attached hydrogens (tertiary/aromatic N) is 1. The average molecular weight is 443 g/mol. The summed E-state index contributed by atoms with van der Waals surface area (Å²) in [5, 5.41) is 2.96. The van der Waals surface area contributed by atoms with Crippen molar-refractivity contribution in [2.24, 2.45) is 10.7 Å². The smallest absolute Gasteiger partial charge is 0.240 e. The molecule has 0 heterocycles. The minimum Gasteiger partial charge on any atom is -0.497 e. The number of hydrogen-bond acceptors (Lipinski definition) is 4. The second kappa shape index (κ2) is 10.1. The number of guanidine groups is 1. The summed E-state index contributed by atoms with van der Waals surface area (Å²) < 4.78 is 46.0. The highest BCUT2D eigenvalue weighted by atomic mass is 32.2. The van der Waals surface area contributed by atoms with Gasteiger partial charge in [0.2, 0.25) is 10.0 Å². The average Bonchev–Trinajstić information content (AvgIpc) is 2.77. The third kappa shape index (κ3) is 6.53. The maximum Gasteiger partial charge on any atom is 0.240 e. The molecule has 0 saturated carbocycles. The third-order valence-electron chi connectivity index (χ3n) is 4.36. The molecule has 0 spiro atoms. The van der Waals surface area contributed by atoms with Gasteiger partial charge in [-0.15, -0.1) is 0 Å². The summed E-state index contributed by atoms with van der Waals surface area (Å²) in [7, 11) is -2.18. The number of sulfonamides is 1. The van der Waals surface area contributed by atoms with E-state index in [0.717, 1.165) is 11.4 Å². The highest BCUT2D eigenvalue weighted by Crippen LogP contribution is 2.16. The summed E-state index contributed by atoms with van der Waals surface area (Å²) in [6.45, 7) is 0.184. The predicted molar refractivity (Wildman–Crippen MR) is 119 cm³/mol. The molecule has 0 aromatic heterocycles. The number of nitrogens with one attached hydrogen (secondary N) is 2. The molecule has 31 heavy (non-hydrogen) atoms. The van der Waals surface area contributed by atoms with Gasteiger partial charge in [-0.25, -0.2) is 22.5 Å². The number of anilines is 1. The normalized spacial score (nSPS) is 11.9. The van der Waals surface area contributed by atoms with Gasteiger partial charge in [0.25, 0.3) is 0 Å². The first-order chi connectivity index (χ1) is 14.9. The van der Waals surface area contributed by atoms with E-state index in [-0.39, 0.29) is 23.9 Å². The van der Waals surface area contributed by atoms with Crippen molar-refractivity contribution in [3.63, 3.8) is 0 Å². The number of halogens is 1. The number of methoxy groups -OCH3 is 1. The zero-order valence-electron chi connectivity index (χ0n) is 16.9. The lowest BCUT2D eigenvalue weighted by Crippen LogP contribution is -2.23. The summed E-state index contributed by atoms with van der Waals surface area (Å²) in [5.74, 6) is 0.505. The summed E-state index contributed by atoms with van der Waals surface area (Å²) >= 11 is 0. The monoisotopic (exact) mass is 442 g/mol. The van der Waals surface area contributed by atoms with Crippen LogP contribution in [0.15, 0.2) is 82.7 Å². The van der Waals surface area contributed by atoms with Crippen LogP contribution in [0.1, 0.15) is 11.1 Å². The van der Waals surface area contributed by atoms with Gasteiger partial charge in [-0.1, -0.05) is 24.3 Å². The molecule has 7 nitrogen and oxygen atoms in total. The summed E-state index contributed by atoms with van der Waals surface area (Å²) in [6, 6.07) is 19.4. The highest BCUT2D eigenvalue weighted by molar-refractivity contribution is 7.89. The van der Waals surface area contributed by atoms with Crippen molar-refractivity contribution < 1.29 is 17.5 Å². The van der Waals surface area contributed by atoms with Gasteiger partial charge < -0.3 is 15.8 Å². The highest BCUT2D eigenvalue weighted by Gasteiger charge is 2.14. The van der Waals surface area contributed by atoms with Crippen LogP contribution in [0.3, 0.4) is 0 Å². The molecule has 3 rings (SSSR count). The molecule has 3 aromatic carbocycles. The Morgan fingerprint density at radius 1 is 1.03 bits per heavy atom. The first-order valence-electron chi connectivity index (χ1n) is 9.40. The lowest BCUT2D eigenvalue weighted by atomic mass is 10.2. The van der Waals surface area contributed by atoms with Crippen LogP contribution in [0, 0.1) is 5.82 Å². The van der Waals surface area contributed by atoms with Crippen molar-refractivity contribution in [2.75, 3.05) is 12.4 Å². The van der Waals surface area contributed by atoms with E-state index in [1.165, 1.54) is 30.3 Å². The van der Waals surface area contributed by atoms with Crippen LogP contribution in [0.2, 0.25) is 0 Å². The topological polar surface area (TPSA) is 106 Å². The standard InChI is InChI=1S/C22H23FN4O3S/c1-30-20-10-8-19(9-11-20)27-22(24)25-14-17-5-3-7-21(13-17)31(28,29)26-15-16-4-2-6-18(23)12-16/h2-13,26H,14-15H2,1H3,(H3,24,25,27). The third-order valence-corrected chi connectivity index (χ3v) is 5.76. The van der Waals surface area contributed by atoms with Gasteiger partial charge in [-0.2, -0.15) is 0 Å². The molecule has 0 bridgehead atoms. The number of benzene rings is 3. The Bertz CT molecular complexity index is 1170. The Labute approximate surface area is 180 Å². The van der Waals surface area contributed by atoms with Gasteiger partial charge in [-0.3, -0.25) is 0 Å². The Balaban J connectivity index is 1.63. The zero-order chi connectivity index (χ0) is 22.3. The van der Waals surface area contributed by atoms with Gasteiger partial charge in [0.05, 0.1) is 18.6 Å². The molecule has 4 N–H and O–H groups in total. The molecule has 9 heteroatoms. The number of nitrogens with two attached hydrogens (primary N) is 1. The number of rotatable bonds is 8. The van der Waals surface area contributed by atoms with Gasteiger partial charge in [-0.05, 0) is 59.7 Å². The minimum atomic E-state index is -3.77. The van der Waals surface area contributed by atoms with E-state index >= 15 is 0 Å². The summed E-state index contributed by atoms with van der Waals surface area (Å²) in [5.41, 5.74) is 7.87. The van der Waals surface area contributed by atoms with Crippen LogP contribution in [0.25, 0.3) is 0 Å². The number of aliphatic imine (C=N–C) groups is 1. The van der Waals surface area contributed by atoms with Crippen molar-refractivity contribution in [3.05, 3.63) is 89.7 Å². The molecular formula is C22H23FN4O3S. The number of hydrogen-bond donors (Lipinski definition) is 3. The van der Waals surface area contributed by atoms with Crippen molar-refractivity contribution in [2.45, 2.75) is 18.0 Å². The molecule has 0 saturated heterocycles. The molecule has 0 aliphatic rings. The van der Waals surface area contributed by atoms with E-state index in [2.05, 4.69) is 15.0 Å². The van der Waals surface area contributed by atoms with E-state index in [0.29, 0.717) is 11.1 Å². The van der Waals surface area contributed by atoms with E-state index in [1.54, 1.807) is 49.6 Å². The Kier molecular flexibility index (Phi) is 7.22. The van der Waals surface area contributed by atoms with Crippen molar-refractivity contribution >= 4 is 21.7 Å². The van der Waals surface area contributed by atoms with Gasteiger partial charge in [0, 0.05) is 12.2 Å². The first-order valence-corrected chi connectivity index (χ1v) is 10.9. The molecular weight excluding hydrogens is 419 g/mol. The predicted octanol–water partition coefficient (Wildman–Crippen LogP) is 3.24. The molecule has 0 atom stereocenters. The van der Waals surface area contributed by atoms with E-state index < -0.39 is 15.8 Å². The van der Waals surface area contributed by atoms with Crippen LogP contribution in [0.5, 0.6) is 5.75 Å². The van der Waals surface area contributed by atoms with Crippen LogP contribution in [0.4, 0.5) is 10.1 Å². The molecule has 0 unspecified atom stereocenters. The second-order valence-corrected chi connectivity index (χ2v) is 8.42. The fourth-order valence-corrected chi connectivity index (χ4v) is 3.85. The van der Waals surface area contributed by atoms with Gasteiger partial charge in [0.1, 0.15) is 11.6 Å². The number of ether oxygens (including phenoxy) is 1. The Morgan fingerprint density at radius 2 is 1.74 bits per heavy atom. The fourth-order valence-electron chi connectivity index (χ4n) is 2.76. The SMILES string of the molecule is COc1ccc(NC(N)=NCc2cccc(S(=O)(=O)NCc3cccc(F)c3)c2)cc1. The van der Waals surface area contributed by atoms with Gasteiger partial charge >= 0.3 is 0 Å². The maximum absolute atomic E-state index is 13.3. The van der Waals surface area contributed by atoms with Crippen LogP contribution < -0.4 is 20.5 Å². The largest absolute Gasteiger partial charge is 0.497 e. The van der Waals surface area contributed by atoms with Crippen LogP contribution in [-0.2, 0) is 23.1 Å². The molecule has 0 aliphatic carbocycles. The lowest BCUT2D eigenvalue weighted by molar-refractivity contribution is 0.415. The van der Waals surface area contributed by atoms with E-state index in [4.69, 9.17) is 10.5 Å². The van der Waals surface area contributed by atoms with Crippen molar-refractivity contribution in [3.8, 4) is 5.75 Å². The molecule has 0 fully saturated rings. The van der Waals surface area contributed by atoms with Crippen LogP contribution >= 0.6 is 0 Å². The quantitative estimate of drug-likeness (QED) is 0.367. The summed E-state index contributed by atoms with van der Waals surface area (Å²) in [4.78, 5) is 4.35. The van der Waals surface area contributed by atoms with Crippen LogP contribution in [-0.4, -0.2) is 21.5 Å². The maximum atomic E-state index is 13.3. The minimum absolute atomic E-state index is 0.0127. The fraction of sp³-hybridized carbons (Fsp3) is 0.136. The second-order valence-electron chi connectivity index (χ2n) is 6.66. The van der Waals surface area contributed by atoms with E-state index in [9.17, 15) is 12.8 Å².